The lowest BCUT2D eigenvalue weighted by Crippen LogP contribution is -2.26. The van der Waals surface area contributed by atoms with Crippen LogP contribution >= 0.6 is 11.6 Å². The Morgan fingerprint density at radius 1 is 1.22 bits per heavy atom. The summed E-state index contributed by atoms with van der Waals surface area (Å²) in [5, 5.41) is 0.0556. The second kappa shape index (κ2) is 7.88. The second-order valence-corrected chi connectivity index (χ2v) is 8.52. The van der Waals surface area contributed by atoms with Gasteiger partial charge in [-0.05, 0) is 50.1 Å². The van der Waals surface area contributed by atoms with Gasteiger partial charge in [-0.25, -0.2) is 17.9 Å². The molecule has 3 rings (SSSR count). The topological polar surface area (TPSA) is 81.7 Å². The van der Waals surface area contributed by atoms with Crippen molar-refractivity contribution in [1.82, 2.24) is 4.72 Å². The van der Waals surface area contributed by atoms with E-state index in [-0.39, 0.29) is 28.1 Å². The molecule has 1 aliphatic rings. The molecule has 27 heavy (non-hydrogen) atoms. The molecule has 6 nitrogen and oxygen atoms in total. The highest BCUT2D eigenvalue weighted by molar-refractivity contribution is 7.89. The highest BCUT2D eigenvalue weighted by atomic mass is 35.5. The molecule has 2 aromatic carbocycles. The predicted molar refractivity (Wildman–Crippen MR) is 102 cm³/mol. The standard InChI is InChI=1S/C19H20ClNO5S/c1-12-3-8-17(25-2)14(9-12)11-26-19(22)13-4-7-16(20)18(10-13)27(23,24)21-15-5-6-15/h3-4,7-10,15,21H,5-6,11H2,1-2H3. The van der Waals surface area contributed by atoms with Crippen molar-refractivity contribution in [2.75, 3.05) is 7.11 Å². The maximum Gasteiger partial charge on any atom is 0.338 e. The van der Waals surface area contributed by atoms with E-state index in [9.17, 15) is 13.2 Å². The summed E-state index contributed by atoms with van der Waals surface area (Å²) in [6.45, 7) is 1.93. The molecular formula is C19H20ClNO5S. The van der Waals surface area contributed by atoms with Gasteiger partial charge in [0.2, 0.25) is 10.0 Å². The fourth-order valence-corrected chi connectivity index (χ4v) is 4.40. The SMILES string of the molecule is COc1ccc(C)cc1COC(=O)c1ccc(Cl)c(S(=O)(=O)NC2CC2)c1. The van der Waals surface area contributed by atoms with E-state index in [1.807, 2.05) is 19.1 Å². The molecule has 1 N–H and O–H groups in total. The molecule has 1 aliphatic carbocycles. The first-order valence-corrected chi connectivity index (χ1v) is 10.3. The first kappa shape index (κ1) is 19.7. The molecule has 2 aromatic rings. The summed E-state index contributed by atoms with van der Waals surface area (Å²) in [6, 6.07) is 9.56. The van der Waals surface area contributed by atoms with E-state index in [1.54, 1.807) is 13.2 Å². The highest BCUT2D eigenvalue weighted by Crippen LogP contribution is 2.27. The van der Waals surface area contributed by atoms with Crippen LogP contribution in [0.1, 0.15) is 34.3 Å². The molecule has 0 aromatic heterocycles. The molecular weight excluding hydrogens is 390 g/mol. The Balaban J connectivity index is 1.77. The number of nitrogens with one attached hydrogen (secondary N) is 1. The van der Waals surface area contributed by atoms with Gasteiger partial charge in [0.1, 0.15) is 17.3 Å². The van der Waals surface area contributed by atoms with Crippen LogP contribution in [0.4, 0.5) is 0 Å². The number of sulfonamides is 1. The van der Waals surface area contributed by atoms with Crippen LogP contribution in [0.15, 0.2) is 41.3 Å². The molecule has 1 saturated carbocycles. The van der Waals surface area contributed by atoms with Gasteiger partial charge < -0.3 is 9.47 Å². The van der Waals surface area contributed by atoms with Crippen LogP contribution in [0, 0.1) is 6.92 Å². The van der Waals surface area contributed by atoms with Crippen molar-refractivity contribution in [2.45, 2.75) is 37.3 Å². The molecule has 1 fully saturated rings. The summed E-state index contributed by atoms with van der Waals surface area (Å²) in [4.78, 5) is 12.3. The van der Waals surface area contributed by atoms with Gasteiger partial charge >= 0.3 is 5.97 Å². The van der Waals surface area contributed by atoms with Gasteiger partial charge in [-0.3, -0.25) is 0 Å². The summed E-state index contributed by atoms with van der Waals surface area (Å²) < 4.78 is 38.0. The molecule has 8 heteroatoms. The van der Waals surface area contributed by atoms with Crippen LogP contribution < -0.4 is 9.46 Å². The first-order valence-electron chi connectivity index (χ1n) is 8.42. The van der Waals surface area contributed by atoms with Crippen molar-refractivity contribution in [2.24, 2.45) is 0 Å². The maximum absolute atomic E-state index is 12.4. The predicted octanol–water partition coefficient (Wildman–Crippen LogP) is 3.45. The quantitative estimate of drug-likeness (QED) is 0.708. The molecule has 0 saturated heterocycles. The molecule has 0 aliphatic heterocycles. The number of ether oxygens (including phenoxy) is 2. The fourth-order valence-electron chi connectivity index (χ4n) is 2.57. The van der Waals surface area contributed by atoms with E-state index in [1.165, 1.54) is 18.2 Å². The van der Waals surface area contributed by atoms with Crippen molar-refractivity contribution < 1.29 is 22.7 Å². The highest BCUT2D eigenvalue weighted by Gasteiger charge is 2.29. The molecule has 0 unspecified atom stereocenters. The number of carbonyl (C=O) groups is 1. The Kier molecular flexibility index (Phi) is 5.74. The largest absolute Gasteiger partial charge is 0.496 e. The summed E-state index contributed by atoms with van der Waals surface area (Å²) in [5.41, 5.74) is 1.85. The van der Waals surface area contributed by atoms with E-state index in [4.69, 9.17) is 21.1 Å². The van der Waals surface area contributed by atoms with E-state index in [0.29, 0.717) is 5.75 Å². The minimum absolute atomic E-state index is 0.00865. The third-order valence-electron chi connectivity index (χ3n) is 4.15. The number of methoxy groups -OCH3 is 1. The minimum atomic E-state index is -3.78. The van der Waals surface area contributed by atoms with Crippen LogP contribution in [0.5, 0.6) is 5.75 Å². The summed E-state index contributed by atoms with van der Waals surface area (Å²) >= 11 is 6.03. The summed E-state index contributed by atoms with van der Waals surface area (Å²) in [5.74, 6) is -0.0282. The number of esters is 1. The van der Waals surface area contributed by atoms with Gasteiger partial charge in [-0.1, -0.05) is 23.2 Å². The van der Waals surface area contributed by atoms with E-state index in [2.05, 4.69) is 4.72 Å². The maximum atomic E-state index is 12.4. The summed E-state index contributed by atoms with van der Waals surface area (Å²) in [7, 11) is -2.24. The fraction of sp³-hybridized carbons (Fsp3) is 0.316. The Hall–Kier alpha value is -2.09. The zero-order valence-corrected chi connectivity index (χ0v) is 16.6. The second-order valence-electron chi connectivity index (χ2n) is 6.43. The number of aryl methyl sites for hydroxylation is 1. The van der Waals surface area contributed by atoms with Crippen molar-refractivity contribution in [3.05, 3.63) is 58.1 Å². The smallest absolute Gasteiger partial charge is 0.338 e. The molecule has 144 valence electrons. The number of rotatable bonds is 7. The Morgan fingerprint density at radius 2 is 1.96 bits per heavy atom. The molecule has 0 bridgehead atoms. The Morgan fingerprint density at radius 3 is 2.63 bits per heavy atom. The van der Waals surface area contributed by atoms with Crippen LogP contribution in [0.25, 0.3) is 0 Å². The molecule has 0 radical (unpaired) electrons. The number of halogens is 1. The van der Waals surface area contributed by atoms with Gasteiger partial charge in [-0.15, -0.1) is 0 Å². The minimum Gasteiger partial charge on any atom is -0.496 e. The van der Waals surface area contributed by atoms with Crippen molar-refractivity contribution >= 4 is 27.6 Å². The summed E-state index contributed by atoms with van der Waals surface area (Å²) in [6.07, 6.45) is 1.60. The normalized spacial score (nSPS) is 14.0. The third-order valence-corrected chi connectivity index (χ3v) is 6.15. The van der Waals surface area contributed by atoms with Gasteiger partial charge in [-0.2, -0.15) is 0 Å². The van der Waals surface area contributed by atoms with Gasteiger partial charge in [0.05, 0.1) is 17.7 Å². The lowest BCUT2D eigenvalue weighted by molar-refractivity contribution is 0.0470. The van der Waals surface area contributed by atoms with Gasteiger partial charge in [0.25, 0.3) is 0 Å². The Labute approximate surface area is 163 Å². The van der Waals surface area contributed by atoms with Crippen molar-refractivity contribution in [3.8, 4) is 5.75 Å². The van der Waals surface area contributed by atoms with Crippen LogP contribution in [-0.2, 0) is 21.4 Å². The van der Waals surface area contributed by atoms with Gasteiger partial charge in [0, 0.05) is 11.6 Å². The van der Waals surface area contributed by atoms with Crippen LogP contribution in [-0.4, -0.2) is 27.5 Å². The Bertz CT molecular complexity index is 970. The monoisotopic (exact) mass is 409 g/mol. The zero-order valence-electron chi connectivity index (χ0n) is 15.0. The van der Waals surface area contributed by atoms with E-state index < -0.39 is 16.0 Å². The lowest BCUT2D eigenvalue weighted by Gasteiger charge is -2.12. The third kappa shape index (κ3) is 4.80. The number of hydrogen-bond donors (Lipinski definition) is 1. The average molecular weight is 410 g/mol. The zero-order chi connectivity index (χ0) is 19.6. The van der Waals surface area contributed by atoms with Crippen molar-refractivity contribution in [1.29, 1.82) is 0 Å². The lowest BCUT2D eigenvalue weighted by atomic mass is 10.1. The van der Waals surface area contributed by atoms with Gasteiger partial charge in [0.15, 0.2) is 0 Å². The number of benzene rings is 2. The van der Waals surface area contributed by atoms with E-state index >= 15 is 0 Å². The number of carbonyl (C=O) groups excluding carboxylic acids is 1. The van der Waals surface area contributed by atoms with Crippen molar-refractivity contribution in [3.63, 3.8) is 0 Å². The molecule has 0 amide bonds. The van der Waals surface area contributed by atoms with Crippen LogP contribution in [0.2, 0.25) is 5.02 Å². The molecule has 0 heterocycles. The average Bonchev–Trinajstić information content (AvgIpc) is 3.43. The van der Waals surface area contributed by atoms with E-state index in [0.717, 1.165) is 24.0 Å². The van der Waals surface area contributed by atoms with Crippen LogP contribution in [0.3, 0.4) is 0 Å². The number of hydrogen-bond acceptors (Lipinski definition) is 5. The first-order chi connectivity index (χ1) is 12.8. The molecule has 0 atom stereocenters. The molecule has 0 spiro atoms.